The second-order valence-corrected chi connectivity index (χ2v) is 3.54. The topological polar surface area (TPSA) is 42.7 Å². The molecule has 0 spiro atoms. The molecule has 0 aliphatic heterocycles. The van der Waals surface area contributed by atoms with Crippen molar-refractivity contribution in [2.24, 2.45) is 0 Å². The number of fused-ring (bicyclic) bond motifs is 1. The van der Waals surface area contributed by atoms with Crippen LogP contribution >= 0.6 is 15.9 Å². The van der Waals surface area contributed by atoms with Crippen molar-refractivity contribution in [1.29, 1.82) is 0 Å². The molecule has 0 radical (unpaired) electrons. The first-order valence-corrected chi connectivity index (χ1v) is 4.83. The van der Waals surface area contributed by atoms with Gasteiger partial charge in [-0.15, -0.1) is 0 Å². The first kappa shape index (κ1) is 8.50. The summed E-state index contributed by atoms with van der Waals surface area (Å²) in [6.45, 7) is 2.86. The molecule has 1 N–H and O–H groups in total. The molecular formula is C8H9BrN4. The van der Waals surface area contributed by atoms with Crippen molar-refractivity contribution in [3.05, 3.63) is 22.9 Å². The van der Waals surface area contributed by atoms with Crippen molar-refractivity contribution >= 4 is 27.0 Å². The maximum Gasteiger partial charge on any atom is 0.111 e. The molecule has 5 heteroatoms. The van der Waals surface area contributed by atoms with E-state index >= 15 is 0 Å². The highest BCUT2D eigenvalue weighted by molar-refractivity contribution is 9.10. The van der Waals surface area contributed by atoms with Crippen LogP contribution < -0.4 is 5.43 Å². The summed E-state index contributed by atoms with van der Waals surface area (Å²) in [4.78, 5) is 5.94. The fourth-order valence-corrected chi connectivity index (χ4v) is 1.48. The van der Waals surface area contributed by atoms with E-state index in [2.05, 4.69) is 31.4 Å². The molecule has 2 aromatic heterocycles. The summed E-state index contributed by atoms with van der Waals surface area (Å²) >= 11 is 3.37. The number of halogens is 1. The van der Waals surface area contributed by atoms with E-state index in [0.29, 0.717) is 0 Å². The number of aromatic nitrogens is 3. The van der Waals surface area contributed by atoms with Crippen molar-refractivity contribution in [3.8, 4) is 0 Å². The van der Waals surface area contributed by atoms with Crippen LogP contribution in [0.2, 0.25) is 0 Å². The standard InChI is InChI=1S/C8H9BrN4/c1-2-11-13-8-3-6(9)4-10-7(8)5-12-13/h3-5,11H,2H2,1H3. The third-order valence-electron chi connectivity index (χ3n) is 1.70. The number of hydrogen-bond acceptors (Lipinski definition) is 3. The number of rotatable bonds is 2. The molecule has 0 amide bonds. The van der Waals surface area contributed by atoms with Gasteiger partial charge in [-0.05, 0) is 28.9 Å². The van der Waals surface area contributed by atoms with Gasteiger partial charge in [0, 0.05) is 17.2 Å². The van der Waals surface area contributed by atoms with Crippen molar-refractivity contribution in [3.63, 3.8) is 0 Å². The SMILES string of the molecule is CCNn1ncc2ncc(Br)cc21. The molecule has 2 rings (SSSR count). The molecule has 2 heterocycles. The molecule has 0 saturated carbocycles. The maximum absolute atomic E-state index is 4.21. The molecule has 0 atom stereocenters. The summed E-state index contributed by atoms with van der Waals surface area (Å²) in [6.07, 6.45) is 3.50. The number of nitrogens with zero attached hydrogens (tertiary/aromatic N) is 3. The van der Waals surface area contributed by atoms with E-state index < -0.39 is 0 Å². The fourth-order valence-electron chi connectivity index (χ4n) is 1.16. The second kappa shape index (κ2) is 3.33. The van der Waals surface area contributed by atoms with E-state index in [4.69, 9.17) is 0 Å². The average molecular weight is 241 g/mol. The third kappa shape index (κ3) is 1.51. The van der Waals surface area contributed by atoms with E-state index in [1.165, 1.54) is 0 Å². The van der Waals surface area contributed by atoms with E-state index in [1.807, 2.05) is 13.0 Å². The van der Waals surface area contributed by atoms with E-state index in [0.717, 1.165) is 22.1 Å². The zero-order valence-electron chi connectivity index (χ0n) is 7.16. The smallest absolute Gasteiger partial charge is 0.111 e. The summed E-state index contributed by atoms with van der Waals surface area (Å²) in [6, 6.07) is 1.98. The lowest BCUT2D eigenvalue weighted by Gasteiger charge is -2.03. The highest BCUT2D eigenvalue weighted by Gasteiger charge is 2.02. The van der Waals surface area contributed by atoms with Crippen LogP contribution in [0.25, 0.3) is 11.0 Å². The Bertz CT molecular complexity index is 423. The van der Waals surface area contributed by atoms with Gasteiger partial charge < -0.3 is 5.43 Å². The van der Waals surface area contributed by atoms with Gasteiger partial charge in [-0.1, -0.05) is 0 Å². The minimum Gasteiger partial charge on any atom is -0.310 e. The minimum absolute atomic E-state index is 0.837. The number of hydrogen-bond donors (Lipinski definition) is 1. The van der Waals surface area contributed by atoms with Gasteiger partial charge in [-0.3, -0.25) is 4.98 Å². The largest absolute Gasteiger partial charge is 0.310 e. The monoisotopic (exact) mass is 240 g/mol. The van der Waals surface area contributed by atoms with Gasteiger partial charge in [0.1, 0.15) is 11.0 Å². The molecule has 68 valence electrons. The molecule has 0 aromatic carbocycles. The molecule has 13 heavy (non-hydrogen) atoms. The van der Waals surface area contributed by atoms with Crippen LogP contribution in [0.3, 0.4) is 0 Å². The van der Waals surface area contributed by atoms with Crippen molar-refractivity contribution in [1.82, 2.24) is 14.9 Å². The summed E-state index contributed by atoms with van der Waals surface area (Å²) in [7, 11) is 0. The molecule has 2 aromatic rings. The van der Waals surface area contributed by atoms with Crippen molar-refractivity contribution in [2.75, 3.05) is 12.0 Å². The van der Waals surface area contributed by atoms with Gasteiger partial charge in [0.25, 0.3) is 0 Å². The maximum atomic E-state index is 4.21. The Hall–Kier alpha value is -1.10. The van der Waals surface area contributed by atoms with Crippen LogP contribution in [0, 0.1) is 0 Å². The highest BCUT2D eigenvalue weighted by atomic mass is 79.9. The fraction of sp³-hybridized carbons (Fsp3) is 0.250. The van der Waals surface area contributed by atoms with Crippen LogP contribution in [0.1, 0.15) is 6.92 Å². The molecule has 0 bridgehead atoms. The number of nitrogens with one attached hydrogen (secondary N) is 1. The Morgan fingerprint density at radius 1 is 1.54 bits per heavy atom. The van der Waals surface area contributed by atoms with Crippen LogP contribution in [0.5, 0.6) is 0 Å². The molecule has 0 fully saturated rings. The van der Waals surface area contributed by atoms with Gasteiger partial charge in [-0.25, -0.2) is 0 Å². The Morgan fingerprint density at radius 3 is 3.15 bits per heavy atom. The average Bonchev–Trinajstić information content (AvgIpc) is 2.49. The summed E-state index contributed by atoms with van der Waals surface area (Å²) < 4.78 is 0.958. The van der Waals surface area contributed by atoms with Gasteiger partial charge in [-0.2, -0.15) is 9.89 Å². The van der Waals surface area contributed by atoms with Gasteiger partial charge >= 0.3 is 0 Å². The second-order valence-electron chi connectivity index (χ2n) is 2.63. The number of pyridine rings is 1. The molecule has 0 saturated heterocycles. The molecule has 0 aliphatic rings. The van der Waals surface area contributed by atoms with Crippen LogP contribution in [0.4, 0.5) is 0 Å². The van der Waals surface area contributed by atoms with Crippen LogP contribution in [-0.4, -0.2) is 21.4 Å². The van der Waals surface area contributed by atoms with Gasteiger partial charge in [0.15, 0.2) is 0 Å². The Kier molecular flexibility index (Phi) is 2.18. The molecule has 0 aliphatic carbocycles. The lowest BCUT2D eigenvalue weighted by Crippen LogP contribution is -2.14. The normalized spacial score (nSPS) is 10.6. The Morgan fingerprint density at radius 2 is 2.38 bits per heavy atom. The van der Waals surface area contributed by atoms with E-state index in [-0.39, 0.29) is 0 Å². The first-order chi connectivity index (χ1) is 6.31. The summed E-state index contributed by atoms with van der Waals surface area (Å²) in [5, 5.41) is 4.15. The van der Waals surface area contributed by atoms with Crippen LogP contribution in [0.15, 0.2) is 22.9 Å². The molecule has 0 unspecified atom stereocenters. The van der Waals surface area contributed by atoms with Crippen molar-refractivity contribution in [2.45, 2.75) is 6.92 Å². The highest BCUT2D eigenvalue weighted by Crippen LogP contribution is 2.15. The van der Waals surface area contributed by atoms with E-state index in [1.54, 1.807) is 17.2 Å². The quantitative estimate of drug-likeness (QED) is 0.871. The van der Waals surface area contributed by atoms with E-state index in [9.17, 15) is 0 Å². The summed E-state index contributed by atoms with van der Waals surface area (Å²) in [5.74, 6) is 0. The van der Waals surface area contributed by atoms with Crippen molar-refractivity contribution < 1.29 is 0 Å². The molecule has 4 nitrogen and oxygen atoms in total. The lowest BCUT2D eigenvalue weighted by atomic mass is 10.4. The minimum atomic E-state index is 0.837. The zero-order chi connectivity index (χ0) is 9.26. The first-order valence-electron chi connectivity index (χ1n) is 4.04. The third-order valence-corrected chi connectivity index (χ3v) is 2.13. The molecular weight excluding hydrogens is 232 g/mol. The predicted octanol–water partition coefficient (Wildman–Crippen LogP) is 1.76. The Labute approximate surface area is 84.1 Å². The predicted molar refractivity (Wildman–Crippen MR) is 55.1 cm³/mol. The lowest BCUT2D eigenvalue weighted by molar-refractivity contribution is 0.772. The van der Waals surface area contributed by atoms with Gasteiger partial charge in [0.05, 0.1) is 6.20 Å². The Balaban J connectivity index is 2.58. The van der Waals surface area contributed by atoms with Crippen LogP contribution in [-0.2, 0) is 0 Å². The summed E-state index contributed by atoms with van der Waals surface area (Å²) in [5.41, 5.74) is 4.98. The van der Waals surface area contributed by atoms with Gasteiger partial charge in [0.2, 0.25) is 0 Å². The zero-order valence-corrected chi connectivity index (χ0v) is 8.74.